The molecule has 2 N–H and O–H groups in total. The molecule has 1 unspecified atom stereocenters. The maximum Gasteiger partial charge on any atom is 0.319 e. The molecule has 1 aliphatic heterocycles. The van der Waals surface area contributed by atoms with Crippen molar-refractivity contribution in [3.8, 4) is 5.75 Å². The summed E-state index contributed by atoms with van der Waals surface area (Å²) in [7, 11) is 1.56. The van der Waals surface area contributed by atoms with E-state index in [1.165, 1.54) is 0 Å². The molecule has 0 bridgehead atoms. The average molecular weight is 353 g/mol. The molecule has 1 heterocycles. The van der Waals surface area contributed by atoms with Gasteiger partial charge in [-0.3, -0.25) is 4.79 Å². The third kappa shape index (κ3) is 4.33. The minimum atomic E-state index is -0.340. The Bertz CT molecular complexity index is 792. The molecule has 0 aromatic heterocycles. The highest BCUT2D eigenvalue weighted by Gasteiger charge is 2.30. The largest absolute Gasteiger partial charge is 0.495 e. The Balaban J connectivity index is 1.57. The van der Waals surface area contributed by atoms with Gasteiger partial charge in [-0.25, -0.2) is 4.79 Å². The number of amides is 3. The van der Waals surface area contributed by atoms with E-state index >= 15 is 0 Å². The van der Waals surface area contributed by atoms with E-state index in [-0.39, 0.29) is 18.0 Å². The number of anilines is 1. The fraction of sp³-hybridized carbons (Fsp3) is 0.300. The number of aryl methyl sites for hydroxylation is 1. The Kier molecular flexibility index (Phi) is 5.41. The lowest BCUT2D eigenvalue weighted by atomic mass is 10.2. The molecule has 1 fully saturated rings. The predicted octanol–water partition coefficient (Wildman–Crippen LogP) is 2.93. The van der Waals surface area contributed by atoms with Gasteiger partial charge in [0.15, 0.2) is 0 Å². The van der Waals surface area contributed by atoms with E-state index in [1.54, 1.807) is 12.0 Å². The summed E-state index contributed by atoms with van der Waals surface area (Å²) in [4.78, 5) is 26.3. The number of nitrogens with zero attached hydrogens (tertiary/aromatic N) is 1. The molecule has 1 aliphatic rings. The van der Waals surface area contributed by atoms with Gasteiger partial charge < -0.3 is 20.3 Å². The van der Waals surface area contributed by atoms with Crippen LogP contribution < -0.4 is 15.4 Å². The number of methoxy groups -OCH3 is 1. The second-order valence-electron chi connectivity index (χ2n) is 6.46. The van der Waals surface area contributed by atoms with Gasteiger partial charge in [-0.2, -0.15) is 0 Å². The normalized spacial score (nSPS) is 16.5. The van der Waals surface area contributed by atoms with Gasteiger partial charge in [0.1, 0.15) is 5.75 Å². The Morgan fingerprint density at radius 1 is 1.23 bits per heavy atom. The van der Waals surface area contributed by atoms with Gasteiger partial charge in [-0.15, -0.1) is 0 Å². The summed E-state index contributed by atoms with van der Waals surface area (Å²) in [5.41, 5.74) is 2.71. The average Bonchev–Trinajstić information content (AvgIpc) is 2.95. The molecule has 3 rings (SSSR count). The first-order chi connectivity index (χ1) is 12.5. The zero-order valence-electron chi connectivity index (χ0n) is 15.0. The predicted molar refractivity (Wildman–Crippen MR) is 100 cm³/mol. The molecule has 0 aliphatic carbocycles. The van der Waals surface area contributed by atoms with Gasteiger partial charge in [-0.05, 0) is 30.2 Å². The summed E-state index contributed by atoms with van der Waals surface area (Å²) in [6.07, 6.45) is 0.311. The summed E-state index contributed by atoms with van der Waals surface area (Å²) in [6.45, 7) is 3.01. The van der Waals surface area contributed by atoms with E-state index in [0.717, 1.165) is 11.1 Å². The third-order valence-corrected chi connectivity index (χ3v) is 4.37. The van der Waals surface area contributed by atoms with Gasteiger partial charge in [0.25, 0.3) is 0 Å². The lowest BCUT2D eigenvalue weighted by Crippen LogP contribution is -2.39. The van der Waals surface area contributed by atoms with Crippen molar-refractivity contribution < 1.29 is 14.3 Å². The van der Waals surface area contributed by atoms with Crippen molar-refractivity contribution in [3.05, 3.63) is 59.7 Å². The highest BCUT2D eigenvalue weighted by molar-refractivity contribution is 5.92. The monoisotopic (exact) mass is 353 g/mol. The number of urea groups is 1. The molecule has 0 radical (unpaired) electrons. The van der Waals surface area contributed by atoms with E-state index in [9.17, 15) is 9.59 Å². The van der Waals surface area contributed by atoms with Gasteiger partial charge >= 0.3 is 6.03 Å². The summed E-state index contributed by atoms with van der Waals surface area (Å²) in [5, 5.41) is 5.68. The SMILES string of the molecule is COc1ccc(C)cc1NC(=O)NC1CC(=O)N(Cc2ccccc2)C1. The van der Waals surface area contributed by atoms with E-state index < -0.39 is 0 Å². The number of benzene rings is 2. The number of hydrogen-bond donors (Lipinski definition) is 2. The van der Waals surface area contributed by atoms with E-state index in [0.29, 0.717) is 30.9 Å². The second kappa shape index (κ2) is 7.91. The minimum Gasteiger partial charge on any atom is -0.495 e. The standard InChI is InChI=1S/C20H23N3O3/c1-14-8-9-18(26-2)17(10-14)22-20(25)21-16-11-19(24)23(13-16)12-15-6-4-3-5-7-15/h3-10,16H,11-13H2,1-2H3,(H2,21,22,25). The molecule has 26 heavy (non-hydrogen) atoms. The Morgan fingerprint density at radius 3 is 2.73 bits per heavy atom. The number of likely N-dealkylation sites (tertiary alicyclic amines) is 1. The zero-order chi connectivity index (χ0) is 18.5. The quantitative estimate of drug-likeness (QED) is 0.868. The third-order valence-electron chi connectivity index (χ3n) is 4.37. The Labute approximate surface area is 153 Å². The number of carbonyl (C=O) groups excluding carboxylic acids is 2. The van der Waals surface area contributed by atoms with Crippen LogP contribution >= 0.6 is 0 Å². The van der Waals surface area contributed by atoms with Crippen LogP contribution in [0.3, 0.4) is 0 Å². The van der Waals surface area contributed by atoms with Crippen molar-refractivity contribution in [2.45, 2.75) is 25.9 Å². The van der Waals surface area contributed by atoms with Crippen LogP contribution in [-0.2, 0) is 11.3 Å². The van der Waals surface area contributed by atoms with Crippen LogP contribution in [-0.4, -0.2) is 36.5 Å². The van der Waals surface area contributed by atoms with E-state index in [2.05, 4.69) is 10.6 Å². The maximum absolute atomic E-state index is 12.3. The van der Waals surface area contributed by atoms with Crippen molar-refractivity contribution in [2.75, 3.05) is 19.0 Å². The fourth-order valence-electron chi connectivity index (χ4n) is 3.09. The van der Waals surface area contributed by atoms with Crippen LogP contribution in [0.4, 0.5) is 10.5 Å². The minimum absolute atomic E-state index is 0.0484. The van der Waals surface area contributed by atoms with E-state index in [1.807, 2.05) is 55.5 Å². The molecule has 1 atom stereocenters. The number of carbonyl (C=O) groups is 2. The van der Waals surface area contributed by atoms with Gasteiger partial charge in [0.05, 0.1) is 18.8 Å². The molecule has 1 saturated heterocycles. The second-order valence-corrected chi connectivity index (χ2v) is 6.46. The Hall–Kier alpha value is -3.02. The molecule has 3 amide bonds. The lowest BCUT2D eigenvalue weighted by Gasteiger charge is -2.18. The lowest BCUT2D eigenvalue weighted by molar-refractivity contribution is -0.128. The number of nitrogens with one attached hydrogen (secondary N) is 2. The van der Waals surface area contributed by atoms with Crippen LogP contribution in [0.1, 0.15) is 17.5 Å². The first-order valence-electron chi connectivity index (χ1n) is 8.59. The highest BCUT2D eigenvalue weighted by Crippen LogP contribution is 2.25. The summed E-state index contributed by atoms with van der Waals surface area (Å²) < 4.78 is 5.27. The molecule has 2 aromatic carbocycles. The van der Waals surface area contributed by atoms with Crippen LogP contribution in [0.2, 0.25) is 0 Å². The molecule has 6 heteroatoms. The molecular formula is C20H23N3O3. The van der Waals surface area contributed by atoms with Crippen LogP contribution in [0.5, 0.6) is 5.75 Å². The van der Waals surface area contributed by atoms with Gasteiger partial charge in [0, 0.05) is 19.5 Å². The summed E-state index contributed by atoms with van der Waals surface area (Å²) in [5.74, 6) is 0.645. The van der Waals surface area contributed by atoms with Crippen LogP contribution in [0.25, 0.3) is 0 Å². The number of hydrogen-bond acceptors (Lipinski definition) is 3. The smallest absolute Gasteiger partial charge is 0.319 e. The van der Waals surface area contributed by atoms with Gasteiger partial charge in [0.2, 0.25) is 5.91 Å². The van der Waals surface area contributed by atoms with Crippen molar-refractivity contribution in [3.63, 3.8) is 0 Å². The number of rotatable bonds is 5. The fourth-order valence-corrected chi connectivity index (χ4v) is 3.09. The van der Waals surface area contributed by atoms with Crippen molar-refractivity contribution >= 4 is 17.6 Å². The number of ether oxygens (including phenoxy) is 1. The zero-order valence-corrected chi connectivity index (χ0v) is 15.0. The molecule has 0 spiro atoms. The first kappa shape index (κ1) is 17.8. The van der Waals surface area contributed by atoms with Crippen LogP contribution in [0.15, 0.2) is 48.5 Å². The van der Waals surface area contributed by atoms with Gasteiger partial charge in [-0.1, -0.05) is 36.4 Å². The topological polar surface area (TPSA) is 70.7 Å². The summed E-state index contributed by atoms with van der Waals surface area (Å²) >= 11 is 0. The highest BCUT2D eigenvalue weighted by atomic mass is 16.5. The maximum atomic E-state index is 12.3. The molecule has 136 valence electrons. The first-order valence-corrected chi connectivity index (χ1v) is 8.59. The molecule has 0 saturated carbocycles. The van der Waals surface area contributed by atoms with Crippen molar-refractivity contribution in [1.29, 1.82) is 0 Å². The van der Waals surface area contributed by atoms with E-state index in [4.69, 9.17) is 4.74 Å². The molecule has 6 nitrogen and oxygen atoms in total. The Morgan fingerprint density at radius 2 is 2.00 bits per heavy atom. The van der Waals surface area contributed by atoms with Crippen LogP contribution in [0, 0.1) is 6.92 Å². The van der Waals surface area contributed by atoms with Crippen molar-refractivity contribution in [1.82, 2.24) is 10.2 Å². The molecule has 2 aromatic rings. The van der Waals surface area contributed by atoms with Crippen molar-refractivity contribution in [2.24, 2.45) is 0 Å². The molecular weight excluding hydrogens is 330 g/mol. The summed E-state index contributed by atoms with van der Waals surface area (Å²) in [6, 6.07) is 14.9.